The number of hydrogen-bond acceptors (Lipinski definition) is 5. The number of rotatable bonds is 4. The number of methoxy groups -OCH3 is 1. The van der Waals surface area contributed by atoms with Crippen molar-refractivity contribution in [2.24, 2.45) is 0 Å². The standard InChI is InChI=1S/C14H14N2O3/c1-10(13-9-15-7-8-16-13)19-12-5-3-11(4-6-12)14(17)18-2/h3-10H,1-2H3. The second kappa shape index (κ2) is 5.95. The zero-order chi connectivity index (χ0) is 13.7. The topological polar surface area (TPSA) is 61.3 Å². The Bertz CT molecular complexity index is 540. The fourth-order valence-electron chi connectivity index (χ4n) is 1.57. The monoisotopic (exact) mass is 258 g/mol. The van der Waals surface area contributed by atoms with Gasteiger partial charge in [0.15, 0.2) is 0 Å². The number of hydrogen-bond donors (Lipinski definition) is 0. The normalized spacial score (nSPS) is 11.7. The molecule has 0 saturated carbocycles. The molecule has 0 spiro atoms. The van der Waals surface area contributed by atoms with Crippen LogP contribution in [0.4, 0.5) is 0 Å². The van der Waals surface area contributed by atoms with E-state index in [2.05, 4.69) is 14.7 Å². The smallest absolute Gasteiger partial charge is 0.337 e. The minimum Gasteiger partial charge on any atom is -0.484 e. The lowest BCUT2D eigenvalue weighted by atomic mass is 10.2. The van der Waals surface area contributed by atoms with Crippen LogP contribution in [0.5, 0.6) is 5.75 Å². The van der Waals surface area contributed by atoms with Gasteiger partial charge in [0.1, 0.15) is 11.9 Å². The zero-order valence-electron chi connectivity index (χ0n) is 10.7. The average molecular weight is 258 g/mol. The highest BCUT2D eigenvalue weighted by molar-refractivity contribution is 5.89. The first-order valence-electron chi connectivity index (χ1n) is 5.81. The molecule has 5 heteroatoms. The molecule has 0 fully saturated rings. The first-order valence-corrected chi connectivity index (χ1v) is 5.81. The van der Waals surface area contributed by atoms with Crippen molar-refractivity contribution >= 4 is 5.97 Å². The highest BCUT2D eigenvalue weighted by Gasteiger charge is 2.10. The van der Waals surface area contributed by atoms with E-state index in [-0.39, 0.29) is 12.1 Å². The van der Waals surface area contributed by atoms with Gasteiger partial charge >= 0.3 is 5.97 Å². The molecule has 0 bridgehead atoms. The number of carbonyl (C=O) groups excluding carboxylic acids is 1. The van der Waals surface area contributed by atoms with Gasteiger partial charge in [-0.05, 0) is 31.2 Å². The molecule has 0 aliphatic rings. The van der Waals surface area contributed by atoms with Gasteiger partial charge in [-0.2, -0.15) is 0 Å². The maximum atomic E-state index is 11.3. The van der Waals surface area contributed by atoms with E-state index in [4.69, 9.17) is 4.74 Å². The SMILES string of the molecule is COC(=O)c1ccc(OC(C)c2cnccn2)cc1. The number of esters is 1. The lowest BCUT2D eigenvalue weighted by molar-refractivity contribution is 0.0600. The van der Waals surface area contributed by atoms with E-state index >= 15 is 0 Å². The van der Waals surface area contributed by atoms with Crippen molar-refractivity contribution in [2.75, 3.05) is 7.11 Å². The van der Waals surface area contributed by atoms with Crippen molar-refractivity contribution < 1.29 is 14.3 Å². The molecule has 1 aromatic carbocycles. The van der Waals surface area contributed by atoms with E-state index in [1.807, 2.05) is 6.92 Å². The summed E-state index contributed by atoms with van der Waals surface area (Å²) in [6.45, 7) is 1.89. The molecule has 2 aromatic rings. The Morgan fingerprint density at radius 3 is 2.53 bits per heavy atom. The minimum absolute atomic E-state index is 0.210. The van der Waals surface area contributed by atoms with Crippen molar-refractivity contribution in [3.8, 4) is 5.75 Å². The van der Waals surface area contributed by atoms with Crippen LogP contribution in [0.2, 0.25) is 0 Å². The summed E-state index contributed by atoms with van der Waals surface area (Å²) in [5, 5.41) is 0. The molecule has 98 valence electrons. The molecule has 2 rings (SSSR count). The lowest BCUT2D eigenvalue weighted by Crippen LogP contribution is -2.06. The van der Waals surface area contributed by atoms with Gasteiger partial charge in [0.2, 0.25) is 0 Å². The Morgan fingerprint density at radius 1 is 1.21 bits per heavy atom. The summed E-state index contributed by atoms with van der Waals surface area (Å²) < 4.78 is 10.3. The molecule has 1 unspecified atom stereocenters. The van der Waals surface area contributed by atoms with Crippen LogP contribution in [0.1, 0.15) is 29.1 Å². The Morgan fingerprint density at radius 2 is 1.95 bits per heavy atom. The number of carbonyl (C=O) groups is 1. The number of benzene rings is 1. The highest BCUT2D eigenvalue weighted by Crippen LogP contribution is 2.20. The molecule has 1 aromatic heterocycles. The third-order valence-electron chi connectivity index (χ3n) is 2.59. The van der Waals surface area contributed by atoms with E-state index in [1.165, 1.54) is 7.11 Å². The molecule has 0 saturated heterocycles. The summed E-state index contributed by atoms with van der Waals surface area (Å²) in [5.41, 5.74) is 1.24. The molecule has 0 radical (unpaired) electrons. The van der Waals surface area contributed by atoms with Gasteiger partial charge < -0.3 is 9.47 Å². The van der Waals surface area contributed by atoms with Gasteiger partial charge in [-0.25, -0.2) is 4.79 Å². The Kier molecular flexibility index (Phi) is 4.07. The second-order valence-corrected chi connectivity index (χ2v) is 3.91. The van der Waals surface area contributed by atoms with Crippen molar-refractivity contribution in [3.63, 3.8) is 0 Å². The molecule has 1 heterocycles. The van der Waals surface area contributed by atoms with E-state index in [9.17, 15) is 4.79 Å². The van der Waals surface area contributed by atoms with Gasteiger partial charge in [0.25, 0.3) is 0 Å². The summed E-state index contributed by atoms with van der Waals surface area (Å²) >= 11 is 0. The summed E-state index contributed by atoms with van der Waals surface area (Å²) in [5.74, 6) is 0.291. The van der Waals surface area contributed by atoms with Crippen LogP contribution in [0, 0.1) is 0 Å². The Hall–Kier alpha value is -2.43. The number of ether oxygens (including phenoxy) is 2. The van der Waals surface area contributed by atoms with Crippen molar-refractivity contribution in [2.45, 2.75) is 13.0 Å². The van der Waals surface area contributed by atoms with Crippen molar-refractivity contribution in [1.82, 2.24) is 9.97 Å². The van der Waals surface area contributed by atoms with E-state index in [1.54, 1.807) is 42.9 Å². The third kappa shape index (κ3) is 3.28. The van der Waals surface area contributed by atoms with Gasteiger partial charge in [-0.15, -0.1) is 0 Å². The van der Waals surface area contributed by atoms with Crippen LogP contribution < -0.4 is 4.74 Å². The van der Waals surface area contributed by atoms with Crippen LogP contribution in [-0.2, 0) is 4.74 Å². The van der Waals surface area contributed by atoms with Crippen LogP contribution in [0.25, 0.3) is 0 Å². The van der Waals surface area contributed by atoms with E-state index in [0.29, 0.717) is 11.3 Å². The van der Waals surface area contributed by atoms with Crippen molar-refractivity contribution in [1.29, 1.82) is 0 Å². The molecule has 0 aliphatic heterocycles. The maximum absolute atomic E-state index is 11.3. The van der Waals surface area contributed by atoms with Crippen molar-refractivity contribution in [3.05, 3.63) is 54.1 Å². The predicted octanol–water partition coefficient (Wildman–Crippen LogP) is 2.40. The lowest BCUT2D eigenvalue weighted by Gasteiger charge is -2.13. The first-order chi connectivity index (χ1) is 9.20. The Balaban J connectivity index is 2.06. The molecule has 19 heavy (non-hydrogen) atoms. The van der Waals surface area contributed by atoms with Crippen LogP contribution in [0.3, 0.4) is 0 Å². The predicted molar refractivity (Wildman–Crippen MR) is 68.9 cm³/mol. The molecule has 1 atom stereocenters. The van der Waals surface area contributed by atoms with Gasteiger partial charge in [0.05, 0.1) is 24.6 Å². The van der Waals surface area contributed by atoms with E-state index in [0.717, 1.165) is 5.69 Å². The summed E-state index contributed by atoms with van der Waals surface area (Å²) in [6, 6.07) is 6.76. The molecule has 0 N–H and O–H groups in total. The summed E-state index contributed by atoms with van der Waals surface area (Å²) in [4.78, 5) is 19.5. The second-order valence-electron chi connectivity index (χ2n) is 3.91. The van der Waals surface area contributed by atoms with E-state index < -0.39 is 0 Å². The number of nitrogens with zero attached hydrogens (tertiary/aromatic N) is 2. The molecular formula is C14H14N2O3. The molecule has 0 amide bonds. The van der Waals surface area contributed by atoms with Crippen LogP contribution in [-0.4, -0.2) is 23.0 Å². The quantitative estimate of drug-likeness (QED) is 0.788. The third-order valence-corrected chi connectivity index (χ3v) is 2.59. The molecular weight excluding hydrogens is 244 g/mol. The number of aromatic nitrogens is 2. The molecule has 0 aliphatic carbocycles. The fourth-order valence-corrected chi connectivity index (χ4v) is 1.57. The first kappa shape index (κ1) is 13.0. The van der Waals surface area contributed by atoms with Gasteiger partial charge in [-0.1, -0.05) is 0 Å². The van der Waals surface area contributed by atoms with Gasteiger partial charge in [0, 0.05) is 12.4 Å². The highest BCUT2D eigenvalue weighted by atomic mass is 16.5. The van der Waals surface area contributed by atoms with Gasteiger partial charge in [-0.3, -0.25) is 9.97 Å². The average Bonchev–Trinajstić information content (AvgIpc) is 2.48. The maximum Gasteiger partial charge on any atom is 0.337 e. The largest absolute Gasteiger partial charge is 0.484 e. The van der Waals surface area contributed by atoms with Crippen LogP contribution in [0.15, 0.2) is 42.9 Å². The van der Waals surface area contributed by atoms with Crippen LogP contribution >= 0.6 is 0 Å². The zero-order valence-corrected chi connectivity index (χ0v) is 10.7. The summed E-state index contributed by atoms with van der Waals surface area (Å²) in [7, 11) is 1.35. The molecule has 5 nitrogen and oxygen atoms in total. The summed E-state index contributed by atoms with van der Waals surface area (Å²) in [6.07, 6.45) is 4.68. The Labute approximate surface area is 111 Å². The fraction of sp³-hybridized carbons (Fsp3) is 0.214. The minimum atomic E-state index is -0.367.